The van der Waals surface area contributed by atoms with E-state index in [9.17, 15) is 9.35 Å². The quantitative estimate of drug-likeness (QED) is 0.184. The topological polar surface area (TPSA) is 61.4 Å². The third kappa shape index (κ3) is 6.63. The average molecular weight is 587 g/mol. The van der Waals surface area contributed by atoms with E-state index in [1.54, 1.807) is 28.6 Å². The molecule has 3 aromatic rings. The standard InChI is InChI=1S/C8H4Cl3NO2S.C8H6Cl3NOS2/c9-8(10,11)15-12-5-3-1-2-4-6(5)14-7(12)13;9-8(10,11)14-12-5-15(13)7-4-2-1-3-6(7)12/h1-4H;1-4H,5H2. The molecule has 14 heteroatoms. The minimum atomic E-state index is -1.60. The van der Waals surface area contributed by atoms with E-state index in [0.717, 1.165) is 34.5 Å². The number of hydrogen-bond acceptors (Lipinski definition) is 6. The number of oxazole rings is 1. The molecule has 1 atom stereocenters. The highest BCUT2D eigenvalue weighted by Gasteiger charge is 2.36. The van der Waals surface area contributed by atoms with E-state index in [-0.39, 0.29) is 0 Å². The van der Waals surface area contributed by atoms with Gasteiger partial charge in [-0.25, -0.2) is 8.77 Å². The number of rotatable bonds is 2. The summed E-state index contributed by atoms with van der Waals surface area (Å²) in [5.74, 6) is -0.203. The molecule has 0 fully saturated rings. The number of fused-ring (bicyclic) bond motifs is 2. The summed E-state index contributed by atoms with van der Waals surface area (Å²) in [5, 5.41) is 0. The molecule has 2 aromatic carbocycles. The molecular weight excluding hydrogens is 577 g/mol. The van der Waals surface area contributed by atoms with Crippen molar-refractivity contribution in [1.29, 1.82) is 0 Å². The normalized spacial score (nSPS) is 16.4. The molecule has 4 rings (SSSR count). The molecule has 0 N–H and O–H groups in total. The van der Waals surface area contributed by atoms with Crippen LogP contribution in [0.2, 0.25) is 0 Å². The summed E-state index contributed by atoms with van der Waals surface area (Å²) < 4.78 is 16.6. The Morgan fingerprint density at radius 1 is 0.933 bits per heavy atom. The molecule has 0 bridgehead atoms. The Hall–Kier alpha value is 0.260. The number of hydrogen-bond donors (Lipinski definition) is 0. The van der Waals surface area contributed by atoms with Crippen LogP contribution in [-0.2, 0) is 11.2 Å². The lowest BCUT2D eigenvalue weighted by molar-refractivity contribution is 0.550. The van der Waals surface area contributed by atoms with E-state index < -0.39 is 23.2 Å². The number of para-hydroxylation sites is 3. The lowest BCUT2D eigenvalue weighted by atomic mass is 10.3. The first-order chi connectivity index (χ1) is 13.9. The van der Waals surface area contributed by atoms with E-state index in [1.807, 2.05) is 24.3 Å². The van der Waals surface area contributed by atoms with Gasteiger partial charge in [-0.1, -0.05) is 93.9 Å². The van der Waals surface area contributed by atoms with Gasteiger partial charge in [0.1, 0.15) is 11.2 Å². The van der Waals surface area contributed by atoms with Gasteiger partial charge in [0, 0.05) is 35.1 Å². The van der Waals surface area contributed by atoms with Crippen molar-refractivity contribution in [3.63, 3.8) is 0 Å². The molecule has 1 aliphatic rings. The van der Waals surface area contributed by atoms with Crippen molar-refractivity contribution in [2.75, 3.05) is 10.2 Å². The fourth-order valence-electron chi connectivity index (χ4n) is 2.44. The Bertz CT molecular complexity index is 1080. The van der Waals surface area contributed by atoms with Gasteiger partial charge < -0.3 is 8.97 Å². The molecule has 0 saturated heterocycles. The van der Waals surface area contributed by atoms with Crippen LogP contribution in [-0.4, -0.2) is 20.7 Å². The molecule has 0 saturated carbocycles. The van der Waals surface area contributed by atoms with E-state index in [2.05, 4.69) is 0 Å². The highest BCUT2D eigenvalue weighted by Crippen LogP contribution is 2.47. The summed E-state index contributed by atoms with van der Waals surface area (Å²) in [4.78, 5) is 12.2. The van der Waals surface area contributed by atoms with Gasteiger partial charge in [0.2, 0.25) is 0 Å². The van der Waals surface area contributed by atoms with Crippen LogP contribution < -0.4 is 10.1 Å². The molecule has 30 heavy (non-hydrogen) atoms. The predicted molar refractivity (Wildman–Crippen MR) is 132 cm³/mol. The van der Waals surface area contributed by atoms with Crippen LogP contribution in [0.15, 0.2) is 62.6 Å². The highest BCUT2D eigenvalue weighted by molar-refractivity contribution is 8.07. The third-order valence-electron chi connectivity index (χ3n) is 3.47. The predicted octanol–water partition coefficient (Wildman–Crippen LogP) is 6.97. The molecule has 1 aliphatic heterocycles. The average Bonchev–Trinajstić information content (AvgIpc) is 3.11. The van der Waals surface area contributed by atoms with E-state index in [0.29, 0.717) is 17.0 Å². The summed E-state index contributed by atoms with van der Waals surface area (Å²) in [6, 6.07) is 14.3. The van der Waals surface area contributed by atoms with E-state index in [4.69, 9.17) is 74.0 Å². The molecule has 0 radical (unpaired) electrons. The second-order valence-electron chi connectivity index (χ2n) is 5.52. The molecule has 5 nitrogen and oxygen atoms in total. The minimum Gasteiger partial charge on any atom is -0.610 e. The molecule has 1 unspecified atom stereocenters. The zero-order chi connectivity index (χ0) is 22.1. The lowest BCUT2D eigenvalue weighted by Crippen LogP contribution is -2.18. The summed E-state index contributed by atoms with van der Waals surface area (Å²) >= 11 is 34.6. The van der Waals surface area contributed by atoms with Gasteiger partial charge in [-0.15, -0.1) is 0 Å². The maximum atomic E-state index is 11.7. The summed E-state index contributed by atoms with van der Waals surface area (Å²) in [7, 11) is 0. The van der Waals surface area contributed by atoms with Crippen molar-refractivity contribution in [2.45, 2.75) is 11.1 Å². The van der Waals surface area contributed by atoms with Crippen LogP contribution in [0.5, 0.6) is 0 Å². The second-order valence-corrected chi connectivity index (χ2v) is 15.2. The summed E-state index contributed by atoms with van der Waals surface area (Å²) in [6.45, 7) is 0. The molecule has 0 amide bonds. The Morgan fingerprint density at radius 3 is 2.20 bits per heavy atom. The first kappa shape index (κ1) is 24.9. The largest absolute Gasteiger partial charge is 0.610 e. The van der Waals surface area contributed by atoms with Crippen molar-refractivity contribution in [2.24, 2.45) is 0 Å². The molecule has 1 aromatic heterocycles. The van der Waals surface area contributed by atoms with Crippen LogP contribution in [0.1, 0.15) is 0 Å². The highest BCUT2D eigenvalue weighted by atomic mass is 35.6. The first-order valence-electron chi connectivity index (χ1n) is 7.82. The fourth-order valence-corrected chi connectivity index (χ4v) is 6.57. The summed E-state index contributed by atoms with van der Waals surface area (Å²) in [6.07, 6.45) is 0. The van der Waals surface area contributed by atoms with Crippen molar-refractivity contribution < 1.29 is 8.97 Å². The van der Waals surface area contributed by atoms with E-state index in [1.165, 1.54) is 3.97 Å². The van der Waals surface area contributed by atoms with Gasteiger partial charge in [-0.2, -0.15) is 0 Å². The lowest BCUT2D eigenvalue weighted by Gasteiger charge is -2.18. The maximum absolute atomic E-state index is 11.7. The van der Waals surface area contributed by atoms with Crippen molar-refractivity contribution in [1.82, 2.24) is 3.97 Å². The molecule has 2 heterocycles. The maximum Gasteiger partial charge on any atom is 0.430 e. The molecule has 162 valence electrons. The van der Waals surface area contributed by atoms with Crippen LogP contribution >= 0.6 is 93.5 Å². The Morgan fingerprint density at radius 2 is 1.53 bits per heavy atom. The summed E-state index contributed by atoms with van der Waals surface area (Å²) in [5.41, 5.74) is 1.90. The number of benzene rings is 2. The number of anilines is 1. The van der Waals surface area contributed by atoms with Gasteiger partial charge in [-0.3, -0.25) is 4.31 Å². The molecular formula is C16H10Cl6N2O3S3. The van der Waals surface area contributed by atoms with Crippen molar-refractivity contribution >= 4 is 121 Å². The van der Waals surface area contributed by atoms with Gasteiger partial charge in [-0.05, 0) is 24.3 Å². The molecule has 0 aliphatic carbocycles. The SMILES string of the molecule is O=c1oc2ccccc2n1SC(Cl)(Cl)Cl.[O-][S+]1CN(SC(Cl)(Cl)Cl)c2ccccc21. The van der Waals surface area contributed by atoms with Gasteiger partial charge >= 0.3 is 5.76 Å². The Labute approximate surface area is 213 Å². The fraction of sp³-hybridized carbons (Fsp3) is 0.188. The zero-order valence-electron chi connectivity index (χ0n) is 14.4. The number of alkyl halides is 6. The van der Waals surface area contributed by atoms with Crippen molar-refractivity contribution in [3.05, 3.63) is 59.1 Å². The Balaban J connectivity index is 0.000000171. The van der Waals surface area contributed by atoms with Gasteiger partial charge in [0.15, 0.2) is 16.4 Å². The van der Waals surface area contributed by atoms with Crippen LogP contribution in [0.3, 0.4) is 0 Å². The number of nitrogens with zero attached hydrogens (tertiary/aromatic N) is 2. The van der Waals surface area contributed by atoms with Crippen LogP contribution in [0.25, 0.3) is 11.1 Å². The molecule has 0 spiro atoms. The van der Waals surface area contributed by atoms with Crippen LogP contribution in [0.4, 0.5) is 5.69 Å². The van der Waals surface area contributed by atoms with Gasteiger partial charge in [0.05, 0.1) is 0 Å². The monoisotopic (exact) mass is 584 g/mol. The minimum absolute atomic E-state index is 0.359. The smallest absolute Gasteiger partial charge is 0.430 e. The zero-order valence-corrected chi connectivity index (χ0v) is 21.4. The number of halogens is 6. The second kappa shape index (κ2) is 10.0. The van der Waals surface area contributed by atoms with Gasteiger partial charge in [0.25, 0.3) is 6.25 Å². The number of aromatic nitrogens is 1. The third-order valence-corrected chi connectivity index (χ3v) is 7.69. The first-order valence-corrected chi connectivity index (χ1v) is 13.0. The Kier molecular flexibility index (Phi) is 8.33. The van der Waals surface area contributed by atoms with E-state index >= 15 is 0 Å². The van der Waals surface area contributed by atoms with Crippen molar-refractivity contribution in [3.8, 4) is 0 Å². The van der Waals surface area contributed by atoms with Crippen LogP contribution in [0, 0.1) is 0 Å².